The van der Waals surface area contributed by atoms with Crippen LogP contribution in [0.2, 0.25) is 0 Å². The first-order valence-corrected chi connectivity index (χ1v) is 5.72. The molecule has 2 aromatic carbocycles. The van der Waals surface area contributed by atoms with Gasteiger partial charge in [0.2, 0.25) is 0 Å². The summed E-state index contributed by atoms with van der Waals surface area (Å²) in [7, 11) is 0. The molecule has 1 nitrogen and oxygen atoms in total. The Morgan fingerprint density at radius 1 is 0.706 bits per heavy atom. The van der Waals surface area contributed by atoms with Gasteiger partial charge in [0.1, 0.15) is 0 Å². The maximum Gasteiger partial charge on any atom is 0.00728 e. The molecule has 1 aliphatic rings. The summed E-state index contributed by atoms with van der Waals surface area (Å²) in [4.78, 5) is 0. The Kier molecular flexibility index (Phi) is 3.12. The van der Waals surface area contributed by atoms with Crippen molar-refractivity contribution in [2.75, 3.05) is 0 Å². The van der Waals surface area contributed by atoms with Crippen LogP contribution in [0.25, 0.3) is 12.2 Å². The highest BCUT2D eigenvalue weighted by Crippen LogP contribution is 2.33. The van der Waals surface area contributed by atoms with E-state index >= 15 is 0 Å². The highest BCUT2D eigenvalue weighted by atomic mass is 16.0. The van der Waals surface area contributed by atoms with Gasteiger partial charge in [0.05, 0.1) is 0 Å². The van der Waals surface area contributed by atoms with E-state index in [1.165, 1.54) is 22.3 Å². The summed E-state index contributed by atoms with van der Waals surface area (Å²) in [6.07, 6.45) is 4.44. The highest BCUT2D eigenvalue weighted by Gasteiger charge is 2.15. The smallest absolute Gasteiger partial charge is 0.00728 e. The lowest BCUT2D eigenvalue weighted by atomic mass is 9.89. The molecule has 0 aromatic heterocycles. The molecule has 17 heavy (non-hydrogen) atoms. The molecule has 0 bridgehead atoms. The average Bonchev–Trinajstić information content (AvgIpc) is 2.49. The molecule has 0 atom stereocenters. The highest BCUT2D eigenvalue weighted by molar-refractivity contribution is 5.76. The van der Waals surface area contributed by atoms with Crippen LogP contribution in [0.4, 0.5) is 0 Å². The topological polar surface area (TPSA) is 31.5 Å². The van der Waals surface area contributed by atoms with Crippen LogP contribution in [-0.4, -0.2) is 5.48 Å². The van der Waals surface area contributed by atoms with Crippen LogP contribution in [0.3, 0.4) is 0 Å². The second-order valence-electron chi connectivity index (χ2n) is 4.31. The minimum Gasteiger partial charge on any atom is -0.412 e. The van der Waals surface area contributed by atoms with Crippen molar-refractivity contribution in [2.45, 2.75) is 12.8 Å². The summed E-state index contributed by atoms with van der Waals surface area (Å²) in [6.45, 7) is 2.28. The summed E-state index contributed by atoms with van der Waals surface area (Å²) in [6, 6.07) is 17.3. The second kappa shape index (κ2) is 4.56. The lowest BCUT2D eigenvalue weighted by molar-refractivity contribution is 0.824. The Bertz CT molecular complexity index is 505. The average molecular weight is 224 g/mol. The number of hydrogen-bond donors (Lipinski definition) is 0. The molecule has 2 N–H and O–H groups in total. The number of hydrogen-bond acceptors (Lipinski definition) is 0. The second-order valence-corrected chi connectivity index (χ2v) is 4.31. The molecule has 0 unspecified atom stereocenters. The van der Waals surface area contributed by atoms with Gasteiger partial charge in [0.15, 0.2) is 0 Å². The molecular weight excluding hydrogens is 208 g/mol. The van der Waals surface area contributed by atoms with Gasteiger partial charge >= 0.3 is 0 Å². The van der Waals surface area contributed by atoms with E-state index < -0.39 is 0 Å². The molecule has 0 saturated carbocycles. The van der Waals surface area contributed by atoms with Crippen molar-refractivity contribution in [3.63, 3.8) is 0 Å². The fourth-order valence-electron chi connectivity index (χ4n) is 2.46. The van der Waals surface area contributed by atoms with Gasteiger partial charge < -0.3 is 5.48 Å². The first-order chi connectivity index (χ1) is 7.86. The van der Waals surface area contributed by atoms with Gasteiger partial charge in [-0.2, -0.15) is 0 Å². The fraction of sp³-hybridized carbons (Fsp3) is 0.125. The maximum atomic E-state index is 2.28. The van der Waals surface area contributed by atoms with Crippen LogP contribution in [0.1, 0.15) is 35.1 Å². The zero-order valence-corrected chi connectivity index (χ0v) is 9.85. The molecular formula is C16H16O. The standard InChI is InChI=1S/C16H14.H2O/c1-12-15-8-4-2-6-13(15)10-11-14-7-3-5-9-16(12)14;/h2-12H,1H3;1H2. The number of rotatable bonds is 0. The minimum absolute atomic E-state index is 0. The van der Waals surface area contributed by atoms with Crippen molar-refractivity contribution in [3.05, 3.63) is 70.8 Å². The molecule has 3 rings (SSSR count). The summed E-state index contributed by atoms with van der Waals surface area (Å²) >= 11 is 0. The molecule has 0 amide bonds. The molecule has 0 radical (unpaired) electrons. The lowest BCUT2D eigenvalue weighted by Crippen LogP contribution is -1.98. The first kappa shape index (κ1) is 11.6. The van der Waals surface area contributed by atoms with Crippen molar-refractivity contribution in [1.29, 1.82) is 0 Å². The molecule has 1 aliphatic carbocycles. The summed E-state index contributed by atoms with van der Waals surface area (Å²) in [5.41, 5.74) is 5.52. The number of benzene rings is 2. The quantitative estimate of drug-likeness (QED) is 0.656. The molecule has 2 aromatic rings. The third kappa shape index (κ3) is 1.90. The van der Waals surface area contributed by atoms with Crippen molar-refractivity contribution in [2.24, 2.45) is 0 Å². The van der Waals surface area contributed by atoms with Gasteiger partial charge in [0.25, 0.3) is 0 Å². The van der Waals surface area contributed by atoms with E-state index in [0.29, 0.717) is 5.92 Å². The normalized spacial score (nSPS) is 13.2. The van der Waals surface area contributed by atoms with E-state index in [9.17, 15) is 0 Å². The van der Waals surface area contributed by atoms with Crippen molar-refractivity contribution in [3.8, 4) is 0 Å². The van der Waals surface area contributed by atoms with E-state index in [4.69, 9.17) is 0 Å². The minimum atomic E-state index is 0. The monoisotopic (exact) mass is 224 g/mol. The Labute approximate surface area is 102 Å². The van der Waals surface area contributed by atoms with E-state index in [1.807, 2.05) is 0 Å². The Hall–Kier alpha value is -1.86. The summed E-state index contributed by atoms with van der Waals surface area (Å²) in [5, 5.41) is 0. The summed E-state index contributed by atoms with van der Waals surface area (Å²) < 4.78 is 0. The van der Waals surface area contributed by atoms with Gasteiger partial charge in [-0.1, -0.05) is 67.6 Å². The first-order valence-electron chi connectivity index (χ1n) is 5.72. The lowest BCUT2D eigenvalue weighted by Gasteiger charge is -2.14. The van der Waals surface area contributed by atoms with E-state index in [1.54, 1.807) is 0 Å². The van der Waals surface area contributed by atoms with E-state index in [2.05, 4.69) is 67.6 Å². The van der Waals surface area contributed by atoms with Crippen LogP contribution in [-0.2, 0) is 0 Å². The Balaban J connectivity index is 0.00000108. The molecule has 0 spiro atoms. The summed E-state index contributed by atoms with van der Waals surface area (Å²) in [5.74, 6) is 0.474. The maximum absolute atomic E-state index is 2.28. The number of fused-ring (bicyclic) bond motifs is 2. The zero-order valence-electron chi connectivity index (χ0n) is 9.85. The van der Waals surface area contributed by atoms with Crippen LogP contribution >= 0.6 is 0 Å². The third-order valence-electron chi connectivity index (χ3n) is 3.37. The van der Waals surface area contributed by atoms with Crippen molar-refractivity contribution < 1.29 is 5.48 Å². The fourth-order valence-corrected chi connectivity index (χ4v) is 2.46. The van der Waals surface area contributed by atoms with Crippen LogP contribution < -0.4 is 0 Å². The van der Waals surface area contributed by atoms with Gasteiger partial charge in [-0.3, -0.25) is 0 Å². The molecule has 86 valence electrons. The van der Waals surface area contributed by atoms with Crippen molar-refractivity contribution >= 4 is 12.2 Å². The van der Waals surface area contributed by atoms with Gasteiger partial charge in [-0.05, 0) is 22.3 Å². The third-order valence-corrected chi connectivity index (χ3v) is 3.37. The molecule has 0 heterocycles. The van der Waals surface area contributed by atoms with E-state index in [-0.39, 0.29) is 5.48 Å². The largest absolute Gasteiger partial charge is 0.412 e. The van der Waals surface area contributed by atoms with Gasteiger partial charge in [0, 0.05) is 5.92 Å². The molecule has 0 fully saturated rings. The van der Waals surface area contributed by atoms with Crippen LogP contribution in [0, 0.1) is 0 Å². The molecule has 0 saturated heterocycles. The Morgan fingerprint density at radius 2 is 1.12 bits per heavy atom. The predicted octanol–water partition coefficient (Wildman–Crippen LogP) is 3.50. The Morgan fingerprint density at radius 3 is 1.59 bits per heavy atom. The SMILES string of the molecule is CC1c2ccccc2C=Cc2ccccc21.O. The predicted molar refractivity (Wildman–Crippen MR) is 72.9 cm³/mol. The zero-order chi connectivity index (χ0) is 11.0. The molecule has 0 aliphatic heterocycles. The molecule has 1 heteroatoms. The van der Waals surface area contributed by atoms with Crippen molar-refractivity contribution in [1.82, 2.24) is 0 Å². The van der Waals surface area contributed by atoms with Gasteiger partial charge in [-0.25, -0.2) is 0 Å². The van der Waals surface area contributed by atoms with Crippen LogP contribution in [0.15, 0.2) is 48.5 Å². The van der Waals surface area contributed by atoms with Crippen LogP contribution in [0.5, 0.6) is 0 Å². The van der Waals surface area contributed by atoms with Gasteiger partial charge in [-0.15, -0.1) is 0 Å². The van der Waals surface area contributed by atoms with E-state index in [0.717, 1.165) is 0 Å².